The molecule has 112 valence electrons. The van der Waals surface area contributed by atoms with Crippen LogP contribution in [0.4, 0.5) is 0 Å². The van der Waals surface area contributed by atoms with Crippen LogP contribution >= 0.6 is 35.0 Å². The van der Waals surface area contributed by atoms with E-state index in [4.69, 9.17) is 29.0 Å². The van der Waals surface area contributed by atoms with Gasteiger partial charge < -0.3 is 5.84 Å². The molecule has 3 aromatic rings. The molecule has 2 N–H and O–H groups in total. The van der Waals surface area contributed by atoms with Gasteiger partial charge >= 0.3 is 0 Å². The first-order chi connectivity index (χ1) is 10.6. The van der Waals surface area contributed by atoms with Crippen molar-refractivity contribution >= 4 is 35.0 Å². The number of benzene rings is 2. The number of nitrogens with two attached hydrogens (primary N) is 1. The van der Waals surface area contributed by atoms with Gasteiger partial charge in [0, 0.05) is 16.3 Å². The maximum absolute atomic E-state index is 6.19. The van der Waals surface area contributed by atoms with Gasteiger partial charge in [0.1, 0.15) is 0 Å². The summed E-state index contributed by atoms with van der Waals surface area (Å²) in [7, 11) is 0. The Morgan fingerprint density at radius 1 is 1.05 bits per heavy atom. The number of aromatic nitrogens is 3. The summed E-state index contributed by atoms with van der Waals surface area (Å²) in [6, 6.07) is 15.3. The van der Waals surface area contributed by atoms with Crippen LogP contribution in [0.3, 0.4) is 0 Å². The Labute approximate surface area is 142 Å². The lowest BCUT2D eigenvalue weighted by Gasteiger charge is -2.05. The van der Waals surface area contributed by atoms with Crippen molar-refractivity contribution in [2.45, 2.75) is 10.9 Å². The van der Waals surface area contributed by atoms with Gasteiger partial charge in [0.25, 0.3) is 0 Å². The molecule has 0 atom stereocenters. The van der Waals surface area contributed by atoms with Crippen LogP contribution in [0.25, 0.3) is 11.4 Å². The first-order valence-electron chi connectivity index (χ1n) is 6.48. The first kappa shape index (κ1) is 15.2. The van der Waals surface area contributed by atoms with Crippen molar-refractivity contribution in [3.8, 4) is 11.4 Å². The third-order valence-corrected chi connectivity index (χ3v) is 4.61. The lowest BCUT2D eigenvalue weighted by atomic mass is 10.2. The van der Waals surface area contributed by atoms with E-state index in [1.165, 1.54) is 22.0 Å². The molecule has 2 aromatic carbocycles. The number of halogens is 2. The van der Waals surface area contributed by atoms with Crippen LogP contribution in [0.15, 0.2) is 53.7 Å². The molecule has 0 saturated heterocycles. The van der Waals surface area contributed by atoms with E-state index in [9.17, 15) is 0 Å². The number of rotatable bonds is 4. The standard InChI is InChI=1S/C15H12Cl2N4S/c16-11-6-7-12(13(17)8-11)14-19-20-15(21(14)18)22-9-10-4-2-1-3-5-10/h1-8H,9,18H2. The Kier molecular flexibility index (Phi) is 4.57. The predicted molar refractivity (Wildman–Crippen MR) is 91.6 cm³/mol. The van der Waals surface area contributed by atoms with Crippen molar-refractivity contribution in [3.05, 3.63) is 64.1 Å². The van der Waals surface area contributed by atoms with Gasteiger partial charge in [-0.25, -0.2) is 4.68 Å². The van der Waals surface area contributed by atoms with Crippen LogP contribution in [0, 0.1) is 0 Å². The van der Waals surface area contributed by atoms with Crippen molar-refractivity contribution in [2.24, 2.45) is 0 Å². The molecule has 0 aliphatic heterocycles. The molecule has 0 radical (unpaired) electrons. The molecule has 0 bridgehead atoms. The van der Waals surface area contributed by atoms with Crippen LogP contribution in [-0.2, 0) is 5.75 Å². The number of nitrogens with zero attached hydrogens (tertiary/aromatic N) is 3. The zero-order valence-electron chi connectivity index (χ0n) is 11.4. The highest BCUT2D eigenvalue weighted by atomic mass is 35.5. The lowest BCUT2D eigenvalue weighted by Crippen LogP contribution is -2.11. The Morgan fingerprint density at radius 2 is 1.82 bits per heavy atom. The van der Waals surface area contributed by atoms with Gasteiger partial charge in [-0.1, -0.05) is 65.3 Å². The summed E-state index contributed by atoms with van der Waals surface area (Å²) in [5, 5.41) is 9.95. The van der Waals surface area contributed by atoms with E-state index >= 15 is 0 Å². The monoisotopic (exact) mass is 350 g/mol. The number of thioether (sulfide) groups is 1. The molecule has 22 heavy (non-hydrogen) atoms. The van der Waals surface area contributed by atoms with E-state index in [1.807, 2.05) is 18.2 Å². The van der Waals surface area contributed by atoms with E-state index in [1.54, 1.807) is 18.2 Å². The van der Waals surface area contributed by atoms with Crippen molar-refractivity contribution < 1.29 is 0 Å². The van der Waals surface area contributed by atoms with Crippen molar-refractivity contribution in [2.75, 3.05) is 5.84 Å². The average Bonchev–Trinajstić information content (AvgIpc) is 2.87. The van der Waals surface area contributed by atoms with Crippen LogP contribution < -0.4 is 5.84 Å². The van der Waals surface area contributed by atoms with Crippen molar-refractivity contribution in [1.82, 2.24) is 14.9 Å². The Balaban J connectivity index is 1.83. The molecule has 0 saturated carbocycles. The minimum atomic E-state index is 0.492. The minimum absolute atomic E-state index is 0.492. The predicted octanol–water partition coefficient (Wildman–Crippen LogP) is 4.26. The molecule has 3 rings (SSSR count). The molecule has 0 unspecified atom stereocenters. The topological polar surface area (TPSA) is 56.7 Å². The van der Waals surface area contributed by atoms with Gasteiger partial charge in [-0.05, 0) is 23.8 Å². The van der Waals surface area contributed by atoms with Gasteiger partial charge in [0.05, 0.1) is 5.02 Å². The summed E-state index contributed by atoms with van der Waals surface area (Å²) >= 11 is 13.6. The van der Waals surface area contributed by atoms with Gasteiger partial charge in [-0.15, -0.1) is 10.2 Å². The molecule has 0 aliphatic rings. The lowest BCUT2D eigenvalue weighted by molar-refractivity contribution is 0.849. The summed E-state index contributed by atoms with van der Waals surface area (Å²) in [6.45, 7) is 0. The molecule has 1 heterocycles. The third kappa shape index (κ3) is 3.21. The van der Waals surface area contributed by atoms with Crippen LogP contribution in [-0.4, -0.2) is 14.9 Å². The van der Waals surface area contributed by atoms with E-state index in [2.05, 4.69) is 22.3 Å². The Morgan fingerprint density at radius 3 is 2.55 bits per heavy atom. The van der Waals surface area contributed by atoms with Gasteiger partial charge in [-0.2, -0.15) is 0 Å². The van der Waals surface area contributed by atoms with Gasteiger partial charge in [-0.3, -0.25) is 0 Å². The fourth-order valence-electron chi connectivity index (χ4n) is 1.95. The third-order valence-electron chi connectivity index (χ3n) is 3.05. The van der Waals surface area contributed by atoms with E-state index in [0.717, 1.165) is 5.75 Å². The molecular weight excluding hydrogens is 339 g/mol. The second-order valence-electron chi connectivity index (χ2n) is 4.57. The van der Waals surface area contributed by atoms with E-state index in [-0.39, 0.29) is 0 Å². The van der Waals surface area contributed by atoms with Crippen molar-refractivity contribution in [1.29, 1.82) is 0 Å². The second kappa shape index (κ2) is 6.60. The Bertz CT molecular complexity index is 789. The molecular formula is C15H12Cl2N4S. The van der Waals surface area contributed by atoms with E-state index in [0.29, 0.717) is 26.6 Å². The quantitative estimate of drug-likeness (QED) is 0.564. The van der Waals surface area contributed by atoms with Gasteiger partial charge in [0.15, 0.2) is 5.82 Å². The smallest absolute Gasteiger partial charge is 0.210 e. The summed E-state index contributed by atoms with van der Waals surface area (Å²) in [5.74, 6) is 7.37. The normalized spacial score (nSPS) is 10.8. The molecule has 0 fully saturated rings. The maximum atomic E-state index is 6.19. The SMILES string of the molecule is Nn1c(SCc2ccccc2)nnc1-c1ccc(Cl)cc1Cl. The zero-order chi connectivity index (χ0) is 15.5. The molecule has 4 nitrogen and oxygen atoms in total. The highest BCUT2D eigenvalue weighted by Crippen LogP contribution is 2.30. The van der Waals surface area contributed by atoms with Crippen molar-refractivity contribution in [3.63, 3.8) is 0 Å². The number of hydrogen-bond donors (Lipinski definition) is 1. The summed E-state index contributed by atoms with van der Waals surface area (Å²) in [5.41, 5.74) is 1.90. The highest BCUT2D eigenvalue weighted by molar-refractivity contribution is 7.98. The first-order valence-corrected chi connectivity index (χ1v) is 8.22. The fourth-order valence-corrected chi connectivity index (χ4v) is 3.26. The zero-order valence-corrected chi connectivity index (χ0v) is 13.7. The minimum Gasteiger partial charge on any atom is -0.335 e. The second-order valence-corrected chi connectivity index (χ2v) is 6.36. The molecule has 0 amide bonds. The summed E-state index contributed by atoms with van der Waals surface area (Å²) in [4.78, 5) is 0. The highest BCUT2D eigenvalue weighted by Gasteiger charge is 2.15. The average molecular weight is 351 g/mol. The van der Waals surface area contributed by atoms with Crippen LogP contribution in [0.5, 0.6) is 0 Å². The van der Waals surface area contributed by atoms with Crippen LogP contribution in [0.1, 0.15) is 5.56 Å². The molecule has 0 aliphatic carbocycles. The van der Waals surface area contributed by atoms with E-state index < -0.39 is 0 Å². The van der Waals surface area contributed by atoms with Gasteiger partial charge in [0.2, 0.25) is 5.16 Å². The number of hydrogen-bond acceptors (Lipinski definition) is 4. The molecule has 0 spiro atoms. The summed E-state index contributed by atoms with van der Waals surface area (Å²) in [6.07, 6.45) is 0. The Hall–Kier alpha value is -1.69. The number of nitrogen functional groups attached to an aromatic ring is 1. The molecule has 7 heteroatoms. The summed E-state index contributed by atoms with van der Waals surface area (Å²) < 4.78 is 1.45. The van der Waals surface area contributed by atoms with Crippen LogP contribution in [0.2, 0.25) is 10.0 Å². The molecule has 1 aromatic heterocycles. The largest absolute Gasteiger partial charge is 0.335 e. The fraction of sp³-hybridized carbons (Fsp3) is 0.0667. The maximum Gasteiger partial charge on any atom is 0.210 e.